The largest absolute Gasteiger partial charge is 0.399 e. The van der Waals surface area contributed by atoms with Crippen LogP contribution in [-0.2, 0) is 0 Å². The summed E-state index contributed by atoms with van der Waals surface area (Å²) in [5, 5.41) is 4.31. The molecule has 0 amide bonds. The van der Waals surface area contributed by atoms with Gasteiger partial charge in [0.25, 0.3) is 0 Å². The maximum Gasteiger partial charge on any atom is 0.152 e. The van der Waals surface area contributed by atoms with Gasteiger partial charge in [-0.2, -0.15) is 0 Å². The third-order valence-corrected chi connectivity index (χ3v) is 5.87. The summed E-state index contributed by atoms with van der Waals surface area (Å²) in [6.07, 6.45) is 3.34. The SMILES string of the molecule is Cc1ccccc1N.Cc1ccccc1Nc1cccnc1Cl.Clc1ncccc1I. The lowest BCUT2D eigenvalue weighted by atomic mass is 10.2. The number of benzene rings is 2. The van der Waals surface area contributed by atoms with E-state index in [1.807, 2.05) is 86.6 Å². The van der Waals surface area contributed by atoms with Gasteiger partial charge >= 0.3 is 0 Å². The highest BCUT2D eigenvalue weighted by atomic mass is 127. The summed E-state index contributed by atoms with van der Waals surface area (Å²) < 4.78 is 0.992. The molecular weight excluding hydrogens is 542 g/mol. The van der Waals surface area contributed by atoms with Crippen LogP contribution in [0.2, 0.25) is 10.3 Å². The minimum Gasteiger partial charge on any atom is -0.399 e. The van der Waals surface area contributed by atoms with Crippen LogP contribution in [-0.4, -0.2) is 9.97 Å². The zero-order valence-corrected chi connectivity index (χ0v) is 20.9. The Morgan fingerprint density at radius 2 is 1.26 bits per heavy atom. The van der Waals surface area contributed by atoms with Gasteiger partial charge < -0.3 is 11.1 Å². The Morgan fingerprint density at radius 1 is 0.710 bits per heavy atom. The van der Waals surface area contributed by atoms with Gasteiger partial charge in [0.05, 0.1) is 9.26 Å². The Bertz CT molecular complexity index is 977. The Hall–Kier alpha value is -2.35. The van der Waals surface area contributed by atoms with Crippen LogP contribution in [0.5, 0.6) is 0 Å². The molecule has 0 saturated carbocycles. The summed E-state index contributed by atoms with van der Waals surface area (Å²) in [7, 11) is 0. The summed E-state index contributed by atoms with van der Waals surface area (Å²) in [5.41, 5.74) is 10.6. The number of halogens is 3. The lowest BCUT2D eigenvalue weighted by Gasteiger charge is -2.09. The first kappa shape index (κ1) is 24.9. The number of hydrogen-bond acceptors (Lipinski definition) is 4. The van der Waals surface area contributed by atoms with E-state index < -0.39 is 0 Å². The molecule has 160 valence electrons. The van der Waals surface area contributed by atoms with E-state index in [0.29, 0.717) is 10.3 Å². The Morgan fingerprint density at radius 3 is 1.74 bits per heavy atom. The maximum atomic E-state index is 5.95. The minimum absolute atomic E-state index is 0.487. The van der Waals surface area contributed by atoms with Crippen molar-refractivity contribution in [2.45, 2.75) is 13.8 Å². The van der Waals surface area contributed by atoms with Crippen molar-refractivity contribution in [3.8, 4) is 0 Å². The molecule has 0 atom stereocenters. The molecule has 31 heavy (non-hydrogen) atoms. The van der Waals surface area contributed by atoms with E-state index in [1.165, 1.54) is 5.56 Å². The van der Waals surface area contributed by atoms with Crippen molar-refractivity contribution >= 4 is 62.9 Å². The fourth-order valence-corrected chi connectivity index (χ4v) is 2.92. The summed E-state index contributed by atoms with van der Waals surface area (Å²) in [4.78, 5) is 7.84. The highest BCUT2D eigenvalue weighted by Gasteiger charge is 2.01. The van der Waals surface area contributed by atoms with Crippen LogP contribution in [0.15, 0.2) is 85.2 Å². The standard InChI is InChI=1S/C12H11ClN2.C7H9N.C5H3ClIN/c1-9-5-2-3-6-10(9)15-11-7-4-8-14-12(11)13;1-6-4-2-3-5-7(6)8;6-5-4(7)2-1-3-8-5/h2-8,15H,1H3;2-5H,8H2,1H3;1-3H. The summed E-state index contributed by atoms with van der Waals surface area (Å²) in [6.45, 7) is 4.04. The fourth-order valence-electron chi connectivity index (χ4n) is 2.29. The van der Waals surface area contributed by atoms with E-state index >= 15 is 0 Å². The number of hydrogen-bond donors (Lipinski definition) is 2. The number of anilines is 3. The second kappa shape index (κ2) is 13.1. The van der Waals surface area contributed by atoms with Gasteiger partial charge in [0, 0.05) is 23.8 Å². The maximum absolute atomic E-state index is 5.95. The van der Waals surface area contributed by atoms with Crippen LogP contribution < -0.4 is 11.1 Å². The highest BCUT2D eigenvalue weighted by molar-refractivity contribution is 14.1. The normalized spacial score (nSPS) is 9.58. The molecule has 0 bridgehead atoms. The van der Waals surface area contributed by atoms with E-state index in [4.69, 9.17) is 28.9 Å². The van der Waals surface area contributed by atoms with Crippen LogP contribution >= 0.6 is 45.8 Å². The monoisotopic (exact) mass is 564 g/mol. The van der Waals surface area contributed by atoms with Gasteiger partial charge in [-0.05, 0) is 84.0 Å². The predicted octanol–water partition coefficient (Wildman–Crippen LogP) is 7.70. The highest BCUT2D eigenvalue weighted by Crippen LogP contribution is 2.24. The number of aryl methyl sites for hydroxylation is 2. The second-order valence-corrected chi connectivity index (χ2v) is 8.29. The zero-order chi connectivity index (χ0) is 22.6. The molecule has 3 N–H and O–H groups in total. The van der Waals surface area contributed by atoms with Gasteiger partial charge in [-0.25, -0.2) is 9.97 Å². The number of pyridine rings is 2. The van der Waals surface area contributed by atoms with Crippen molar-refractivity contribution in [2.75, 3.05) is 11.1 Å². The predicted molar refractivity (Wildman–Crippen MR) is 141 cm³/mol. The van der Waals surface area contributed by atoms with Crippen molar-refractivity contribution in [2.24, 2.45) is 0 Å². The molecule has 0 aliphatic heterocycles. The summed E-state index contributed by atoms with van der Waals surface area (Å²) in [5.74, 6) is 0. The van der Waals surface area contributed by atoms with E-state index in [0.717, 1.165) is 26.2 Å². The van der Waals surface area contributed by atoms with Gasteiger partial charge in [-0.15, -0.1) is 0 Å². The summed E-state index contributed by atoms with van der Waals surface area (Å²) in [6, 6.07) is 23.4. The molecule has 4 rings (SSSR count). The van der Waals surface area contributed by atoms with Crippen molar-refractivity contribution in [1.82, 2.24) is 9.97 Å². The Kier molecular flexibility index (Phi) is 10.6. The van der Waals surface area contributed by atoms with E-state index in [-0.39, 0.29) is 0 Å². The average molecular weight is 565 g/mol. The van der Waals surface area contributed by atoms with Crippen molar-refractivity contribution in [3.05, 3.63) is 110 Å². The number of nitrogens with two attached hydrogens (primary N) is 1. The molecule has 0 radical (unpaired) electrons. The van der Waals surface area contributed by atoms with Crippen LogP contribution in [0, 0.1) is 17.4 Å². The van der Waals surface area contributed by atoms with Gasteiger partial charge in [0.1, 0.15) is 5.15 Å². The first-order chi connectivity index (χ1) is 14.9. The number of nitrogens with one attached hydrogen (secondary N) is 1. The molecule has 2 heterocycles. The van der Waals surface area contributed by atoms with Gasteiger partial charge in [-0.3, -0.25) is 0 Å². The van der Waals surface area contributed by atoms with Crippen LogP contribution in [0.3, 0.4) is 0 Å². The molecule has 2 aromatic heterocycles. The molecule has 0 saturated heterocycles. The molecule has 4 nitrogen and oxygen atoms in total. The molecule has 0 aliphatic carbocycles. The molecule has 7 heteroatoms. The first-order valence-electron chi connectivity index (χ1n) is 9.38. The Labute approximate surface area is 207 Å². The Balaban J connectivity index is 0.000000181. The molecule has 0 fully saturated rings. The van der Waals surface area contributed by atoms with Gasteiger partial charge in [-0.1, -0.05) is 59.6 Å². The van der Waals surface area contributed by atoms with E-state index in [9.17, 15) is 0 Å². The van der Waals surface area contributed by atoms with Crippen molar-refractivity contribution in [3.63, 3.8) is 0 Å². The van der Waals surface area contributed by atoms with Crippen LogP contribution in [0.1, 0.15) is 11.1 Å². The zero-order valence-electron chi connectivity index (χ0n) is 17.2. The third kappa shape index (κ3) is 8.73. The third-order valence-electron chi connectivity index (χ3n) is 4.08. The van der Waals surface area contributed by atoms with E-state index in [2.05, 4.69) is 37.9 Å². The molecule has 2 aromatic carbocycles. The van der Waals surface area contributed by atoms with Crippen molar-refractivity contribution in [1.29, 1.82) is 0 Å². The van der Waals surface area contributed by atoms with Gasteiger partial charge in [0.15, 0.2) is 5.15 Å². The quantitative estimate of drug-likeness (QED) is 0.149. The molecule has 0 unspecified atom stereocenters. The number of rotatable bonds is 2. The molecule has 0 aliphatic rings. The van der Waals surface area contributed by atoms with Crippen LogP contribution in [0.25, 0.3) is 0 Å². The van der Waals surface area contributed by atoms with Crippen LogP contribution in [0.4, 0.5) is 17.1 Å². The first-order valence-corrected chi connectivity index (χ1v) is 11.2. The van der Waals surface area contributed by atoms with E-state index in [1.54, 1.807) is 12.4 Å². The smallest absolute Gasteiger partial charge is 0.152 e. The lowest BCUT2D eigenvalue weighted by molar-refractivity contribution is 1.31. The second-order valence-electron chi connectivity index (χ2n) is 6.41. The number of nitrogens with zero attached hydrogens (tertiary/aromatic N) is 2. The molecule has 0 spiro atoms. The average Bonchev–Trinajstić information content (AvgIpc) is 2.76. The minimum atomic E-state index is 0.487. The summed E-state index contributed by atoms with van der Waals surface area (Å²) >= 11 is 13.7. The topological polar surface area (TPSA) is 63.8 Å². The molecule has 4 aromatic rings. The van der Waals surface area contributed by atoms with Crippen molar-refractivity contribution < 1.29 is 0 Å². The molecular formula is C24H23Cl2IN4. The fraction of sp³-hybridized carbons (Fsp3) is 0.0833. The number of nitrogen functional groups attached to an aromatic ring is 1. The number of para-hydroxylation sites is 2. The van der Waals surface area contributed by atoms with Gasteiger partial charge in [0.2, 0.25) is 0 Å². The lowest BCUT2D eigenvalue weighted by Crippen LogP contribution is -1.94. The number of aromatic nitrogens is 2.